The summed E-state index contributed by atoms with van der Waals surface area (Å²) in [6.07, 6.45) is 1.17. The van der Waals surface area contributed by atoms with Gasteiger partial charge in [-0.15, -0.1) is 0 Å². The number of anilines is 1. The largest absolute Gasteiger partial charge is 0.305 e. The van der Waals surface area contributed by atoms with Crippen molar-refractivity contribution in [1.29, 1.82) is 0 Å². The van der Waals surface area contributed by atoms with Gasteiger partial charge in [-0.25, -0.2) is 14.4 Å². The molecular weight excluding hydrogens is 292 g/mol. The molecule has 0 aliphatic heterocycles. The fourth-order valence-corrected chi connectivity index (χ4v) is 1.76. The molecule has 0 aliphatic rings. The molecule has 1 heterocycles. The van der Waals surface area contributed by atoms with Crippen molar-refractivity contribution in [3.63, 3.8) is 0 Å². The lowest BCUT2D eigenvalue weighted by molar-refractivity contribution is 0.102. The second-order valence-electron chi connectivity index (χ2n) is 3.80. The van der Waals surface area contributed by atoms with Crippen LogP contribution in [0.5, 0.6) is 0 Å². The molecule has 2 aromatic rings. The van der Waals surface area contributed by atoms with Crippen LogP contribution < -0.4 is 5.32 Å². The van der Waals surface area contributed by atoms with Crippen LogP contribution in [0.3, 0.4) is 0 Å². The average Bonchev–Trinajstić information content (AvgIpc) is 2.33. The van der Waals surface area contributed by atoms with E-state index >= 15 is 0 Å². The summed E-state index contributed by atoms with van der Waals surface area (Å²) < 4.78 is 13.2. The third-order valence-electron chi connectivity index (χ3n) is 2.28. The van der Waals surface area contributed by atoms with E-state index in [2.05, 4.69) is 15.3 Å². The van der Waals surface area contributed by atoms with Crippen LogP contribution in [-0.2, 0) is 0 Å². The number of aryl methyl sites for hydroxylation is 1. The Kier molecular flexibility index (Phi) is 3.97. The lowest BCUT2D eigenvalue weighted by Gasteiger charge is -2.07. The summed E-state index contributed by atoms with van der Waals surface area (Å²) in [7, 11) is 0. The zero-order valence-electron chi connectivity index (χ0n) is 9.75. The Morgan fingerprint density at radius 2 is 2.00 bits per heavy atom. The van der Waals surface area contributed by atoms with E-state index in [9.17, 15) is 9.18 Å². The Bertz CT molecular complexity index is 629. The van der Waals surface area contributed by atoms with Gasteiger partial charge >= 0.3 is 0 Å². The van der Waals surface area contributed by atoms with Crippen LogP contribution in [0.25, 0.3) is 0 Å². The molecule has 4 nitrogen and oxygen atoms in total. The molecule has 1 aromatic heterocycles. The fourth-order valence-electron chi connectivity index (χ4n) is 1.48. The molecule has 1 N–H and O–H groups in total. The first-order chi connectivity index (χ1) is 8.97. The first kappa shape index (κ1) is 13.7. The van der Waals surface area contributed by atoms with E-state index in [4.69, 9.17) is 23.2 Å². The zero-order chi connectivity index (χ0) is 14.0. The van der Waals surface area contributed by atoms with E-state index in [0.717, 1.165) is 6.07 Å². The van der Waals surface area contributed by atoms with E-state index in [1.807, 2.05) is 0 Å². The number of rotatable bonds is 2. The van der Waals surface area contributed by atoms with Crippen LogP contribution in [0, 0.1) is 12.7 Å². The molecule has 0 bridgehead atoms. The van der Waals surface area contributed by atoms with Gasteiger partial charge in [-0.3, -0.25) is 4.79 Å². The topological polar surface area (TPSA) is 54.9 Å². The molecule has 0 radical (unpaired) electrons. The van der Waals surface area contributed by atoms with Crippen LogP contribution in [0.4, 0.5) is 10.2 Å². The molecule has 1 aromatic carbocycles. The smallest absolute Gasteiger partial charge is 0.256 e. The Balaban J connectivity index is 2.28. The third kappa shape index (κ3) is 3.19. The highest BCUT2D eigenvalue weighted by Gasteiger charge is 2.13. The first-order valence-electron chi connectivity index (χ1n) is 5.22. The number of aromatic nitrogens is 2. The molecule has 0 unspecified atom stereocenters. The molecule has 0 saturated heterocycles. The second kappa shape index (κ2) is 5.50. The predicted molar refractivity (Wildman–Crippen MR) is 71.1 cm³/mol. The van der Waals surface area contributed by atoms with Gasteiger partial charge in [0.25, 0.3) is 5.91 Å². The van der Waals surface area contributed by atoms with Gasteiger partial charge in [0.1, 0.15) is 17.2 Å². The maximum Gasteiger partial charge on any atom is 0.256 e. The monoisotopic (exact) mass is 299 g/mol. The maximum atomic E-state index is 13.2. The van der Waals surface area contributed by atoms with Crippen molar-refractivity contribution in [3.05, 3.63) is 51.6 Å². The van der Waals surface area contributed by atoms with E-state index in [1.54, 1.807) is 13.0 Å². The number of benzene rings is 1. The molecular formula is C12H8Cl2FN3O. The highest BCUT2D eigenvalue weighted by Crippen LogP contribution is 2.25. The summed E-state index contributed by atoms with van der Waals surface area (Å²) >= 11 is 11.5. The molecule has 98 valence electrons. The summed E-state index contributed by atoms with van der Waals surface area (Å²) in [5.41, 5.74) is 0.806. The molecule has 0 spiro atoms. The zero-order valence-corrected chi connectivity index (χ0v) is 11.3. The Morgan fingerprint density at radius 3 is 2.68 bits per heavy atom. The van der Waals surface area contributed by atoms with Gasteiger partial charge in [0.15, 0.2) is 11.0 Å². The molecule has 0 atom stereocenters. The highest BCUT2D eigenvalue weighted by atomic mass is 35.5. The Hall–Kier alpha value is -1.72. The van der Waals surface area contributed by atoms with Crippen molar-refractivity contribution in [3.8, 4) is 0 Å². The maximum absolute atomic E-state index is 13.2. The quantitative estimate of drug-likeness (QED) is 0.864. The lowest BCUT2D eigenvalue weighted by Crippen LogP contribution is -2.14. The summed E-state index contributed by atoms with van der Waals surface area (Å²) in [6.45, 7) is 1.69. The normalized spacial score (nSPS) is 10.3. The van der Waals surface area contributed by atoms with Crippen LogP contribution >= 0.6 is 23.2 Å². The molecule has 19 heavy (non-hydrogen) atoms. The van der Waals surface area contributed by atoms with E-state index in [1.165, 1.54) is 12.4 Å². The number of hydrogen-bond acceptors (Lipinski definition) is 3. The van der Waals surface area contributed by atoms with Crippen molar-refractivity contribution in [1.82, 2.24) is 9.97 Å². The third-order valence-corrected chi connectivity index (χ3v) is 3.02. The summed E-state index contributed by atoms with van der Waals surface area (Å²) in [4.78, 5) is 19.4. The molecule has 1 amide bonds. The molecule has 2 rings (SSSR count). The minimum Gasteiger partial charge on any atom is -0.305 e. The van der Waals surface area contributed by atoms with Crippen molar-refractivity contribution >= 4 is 34.9 Å². The standard InChI is InChI=1S/C12H8Cl2FN3O/c1-6-2-7(4-8(15)3-6)12(19)18-11-9(13)10(14)16-5-17-11/h2-5H,1H3,(H,16,17,18,19). The van der Waals surface area contributed by atoms with E-state index in [0.29, 0.717) is 5.56 Å². The molecule has 7 heteroatoms. The van der Waals surface area contributed by atoms with Gasteiger partial charge < -0.3 is 5.32 Å². The van der Waals surface area contributed by atoms with Crippen molar-refractivity contribution in [2.75, 3.05) is 5.32 Å². The van der Waals surface area contributed by atoms with Crippen LogP contribution in [-0.4, -0.2) is 15.9 Å². The lowest BCUT2D eigenvalue weighted by atomic mass is 10.1. The van der Waals surface area contributed by atoms with Crippen LogP contribution in [0.15, 0.2) is 24.5 Å². The Morgan fingerprint density at radius 1 is 1.26 bits per heavy atom. The fraction of sp³-hybridized carbons (Fsp3) is 0.0833. The molecule has 0 fully saturated rings. The van der Waals surface area contributed by atoms with Gasteiger partial charge in [0.2, 0.25) is 0 Å². The summed E-state index contributed by atoms with van der Waals surface area (Å²) in [5.74, 6) is -0.940. The van der Waals surface area contributed by atoms with Crippen LogP contribution in [0.2, 0.25) is 10.2 Å². The van der Waals surface area contributed by atoms with Gasteiger partial charge in [0, 0.05) is 5.56 Å². The summed E-state index contributed by atoms with van der Waals surface area (Å²) in [5, 5.41) is 2.51. The van der Waals surface area contributed by atoms with Gasteiger partial charge in [-0.2, -0.15) is 0 Å². The number of nitrogens with one attached hydrogen (secondary N) is 1. The highest BCUT2D eigenvalue weighted by molar-refractivity contribution is 6.43. The van der Waals surface area contributed by atoms with E-state index in [-0.39, 0.29) is 21.6 Å². The number of hydrogen-bond donors (Lipinski definition) is 1. The summed E-state index contributed by atoms with van der Waals surface area (Å²) in [6, 6.07) is 4.00. The SMILES string of the molecule is Cc1cc(F)cc(C(=O)Nc2ncnc(Cl)c2Cl)c1. The number of carbonyl (C=O) groups is 1. The van der Waals surface area contributed by atoms with E-state index < -0.39 is 11.7 Å². The number of amides is 1. The van der Waals surface area contributed by atoms with Crippen molar-refractivity contribution in [2.24, 2.45) is 0 Å². The number of nitrogens with zero attached hydrogens (tertiary/aromatic N) is 2. The Labute approximate surface area is 118 Å². The van der Waals surface area contributed by atoms with Crippen LogP contribution in [0.1, 0.15) is 15.9 Å². The number of carbonyl (C=O) groups excluding carboxylic acids is 1. The first-order valence-corrected chi connectivity index (χ1v) is 5.97. The van der Waals surface area contributed by atoms with Crippen molar-refractivity contribution < 1.29 is 9.18 Å². The van der Waals surface area contributed by atoms with Gasteiger partial charge in [-0.05, 0) is 30.7 Å². The number of halogens is 3. The van der Waals surface area contributed by atoms with Gasteiger partial charge in [-0.1, -0.05) is 23.2 Å². The molecule has 0 saturated carbocycles. The minimum absolute atomic E-state index is 0.0300. The molecule has 0 aliphatic carbocycles. The second-order valence-corrected chi connectivity index (χ2v) is 4.53. The average molecular weight is 300 g/mol. The minimum atomic E-state index is -0.528. The van der Waals surface area contributed by atoms with Crippen molar-refractivity contribution in [2.45, 2.75) is 6.92 Å². The van der Waals surface area contributed by atoms with Gasteiger partial charge in [0.05, 0.1) is 0 Å². The predicted octanol–water partition coefficient (Wildman–Crippen LogP) is 3.48.